The van der Waals surface area contributed by atoms with Gasteiger partial charge in [0.1, 0.15) is 11.1 Å². The van der Waals surface area contributed by atoms with E-state index in [2.05, 4.69) is 16.8 Å². The van der Waals surface area contributed by atoms with Gasteiger partial charge in [0, 0.05) is 25.7 Å². The number of amides is 1. The first-order valence-corrected chi connectivity index (χ1v) is 7.93. The van der Waals surface area contributed by atoms with Gasteiger partial charge in [0.15, 0.2) is 5.58 Å². The molecular weight excluding hydrogens is 294 g/mol. The van der Waals surface area contributed by atoms with Gasteiger partial charge in [0.2, 0.25) is 0 Å². The van der Waals surface area contributed by atoms with E-state index < -0.39 is 5.60 Å². The molecule has 6 heteroatoms. The maximum Gasteiger partial charge on any atom is 0.410 e. The number of rotatable bonds is 1. The van der Waals surface area contributed by atoms with Crippen molar-refractivity contribution in [3.05, 3.63) is 24.3 Å². The normalized spacial score (nSPS) is 19.2. The molecule has 1 aromatic carbocycles. The Kier molecular flexibility index (Phi) is 3.92. The molecule has 124 valence electrons. The average Bonchev–Trinajstić information content (AvgIpc) is 2.88. The van der Waals surface area contributed by atoms with Gasteiger partial charge in [-0.25, -0.2) is 4.79 Å². The predicted octanol–water partition coefficient (Wildman–Crippen LogP) is 3.27. The van der Waals surface area contributed by atoms with Crippen LogP contribution in [0.1, 0.15) is 27.7 Å². The first kappa shape index (κ1) is 15.6. The van der Waals surface area contributed by atoms with Crippen LogP contribution in [0.25, 0.3) is 11.1 Å². The van der Waals surface area contributed by atoms with Gasteiger partial charge in [-0.3, -0.25) is 0 Å². The zero-order valence-electron chi connectivity index (χ0n) is 14.1. The van der Waals surface area contributed by atoms with Crippen LogP contribution in [0.3, 0.4) is 0 Å². The van der Waals surface area contributed by atoms with Crippen LogP contribution in [0.15, 0.2) is 28.7 Å². The molecule has 0 unspecified atom stereocenters. The third-order valence-electron chi connectivity index (χ3n) is 3.81. The number of piperazine rings is 1. The summed E-state index contributed by atoms with van der Waals surface area (Å²) in [6.45, 7) is 9.55. The largest absolute Gasteiger partial charge is 0.444 e. The maximum absolute atomic E-state index is 12.2. The van der Waals surface area contributed by atoms with Crippen LogP contribution in [0.2, 0.25) is 0 Å². The molecule has 0 spiro atoms. The zero-order chi connectivity index (χ0) is 16.6. The highest BCUT2D eigenvalue weighted by Crippen LogP contribution is 2.25. The van der Waals surface area contributed by atoms with Crippen LogP contribution in [0, 0.1) is 0 Å². The fourth-order valence-corrected chi connectivity index (χ4v) is 2.72. The second kappa shape index (κ2) is 5.76. The molecule has 0 N–H and O–H groups in total. The summed E-state index contributed by atoms with van der Waals surface area (Å²) >= 11 is 0. The highest BCUT2D eigenvalue weighted by Gasteiger charge is 2.31. The Morgan fingerprint density at radius 2 is 2.04 bits per heavy atom. The number of anilines is 1. The van der Waals surface area contributed by atoms with E-state index in [1.165, 1.54) is 0 Å². The lowest BCUT2D eigenvalue weighted by Crippen LogP contribution is -2.54. The van der Waals surface area contributed by atoms with Crippen LogP contribution in [0.4, 0.5) is 10.8 Å². The van der Waals surface area contributed by atoms with E-state index in [0.29, 0.717) is 25.6 Å². The fraction of sp³-hybridized carbons (Fsp3) is 0.529. The molecule has 2 heterocycles. The van der Waals surface area contributed by atoms with Crippen LogP contribution in [0.5, 0.6) is 0 Å². The molecule has 2 aromatic rings. The number of ether oxygens (including phenoxy) is 1. The number of carbonyl (C=O) groups is 1. The van der Waals surface area contributed by atoms with Crippen LogP contribution in [-0.2, 0) is 4.74 Å². The highest BCUT2D eigenvalue weighted by molar-refractivity contribution is 5.74. The number of para-hydroxylation sites is 2. The minimum atomic E-state index is -0.474. The molecule has 1 aromatic heterocycles. The Labute approximate surface area is 136 Å². The molecule has 0 aliphatic carbocycles. The van der Waals surface area contributed by atoms with Crippen molar-refractivity contribution >= 4 is 23.2 Å². The Bertz CT molecular complexity index is 671. The van der Waals surface area contributed by atoms with E-state index in [0.717, 1.165) is 11.1 Å². The summed E-state index contributed by atoms with van der Waals surface area (Å²) < 4.78 is 11.3. The van der Waals surface area contributed by atoms with Crippen molar-refractivity contribution < 1.29 is 13.9 Å². The zero-order valence-corrected chi connectivity index (χ0v) is 14.1. The molecule has 1 aliphatic rings. The van der Waals surface area contributed by atoms with Crippen molar-refractivity contribution in [3.8, 4) is 0 Å². The summed E-state index contributed by atoms with van der Waals surface area (Å²) in [4.78, 5) is 20.6. The first-order chi connectivity index (χ1) is 10.8. The second-order valence-corrected chi connectivity index (χ2v) is 6.93. The van der Waals surface area contributed by atoms with Crippen molar-refractivity contribution in [2.75, 3.05) is 24.5 Å². The van der Waals surface area contributed by atoms with E-state index in [9.17, 15) is 4.79 Å². The topological polar surface area (TPSA) is 58.8 Å². The van der Waals surface area contributed by atoms with E-state index in [1.807, 2.05) is 45.0 Å². The first-order valence-electron chi connectivity index (χ1n) is 7.93. The summed E-state index contributed by atoms with van der Waals surface area (Å²) in [7, 11) is 0. The third-order valence-corrected chi connectivity index (χ3v) is 3.81. The van der Waals surface area contributed by atoms with Gasteiger partial charge in [-0.1, -0.05) is 12.1 Å². The molecule has 1 aliphatic heterocycles. The number of aromatic nitrogens is 1. The lowest BCUT2D eigenvalue weighted by molar-refractivity contribution is 0.0216. The number of hydrogen-bond donors (Lipinski definition) is 0. The Hall–Kier alpha value is -2.24. The van der Waals surface area contributed by atoms with Crippen molar-refractivity contribution in [2.45, 2.75) is 39.3 Å². The number of fused-ring (bicyclic) bond motifs is 1. The number of oxazole rings is 1. The van der Waals surface area contributed by atoms with Gasteiger partial charge >= 0.3 is 6.09 Å². The number of nitrogens with zero attached hydrogens (tertiary/aromatic N) is 3. The van der Waals surface area contributed by atoms with E-state index in [4.69, 9.17) is 9.15 Å². The van der Waals surface area contributed by atoms with Gasteiger partial charge in [-0.2, -0.15) is 4.98 Å². The van der Waals surface area contributed by atoms with Gasteiger partial charge < -0.3 is 19.0 Å². The van der Waals surface area contributed by atoms with Gasteiger partial charge in [0.25, 0.3) is 6.01 Å². The van der Waals surface area contributed by atoms with E-state index in [1.54, 1.807) is 4.90 Å². The predicted molar refractivity (Wildman–Crippen MR) is 88.6 cm³/mol. The van der Waals surface area contributed by atoms with E-state index >= 15 is 0 Å². The minimum absolute atomic E-state index is 0.115. The fourth-order valence-electron chi connectivity index (χ4n) is 2.72. The quantitative estimate of drug-likeness (QED) is 0.808. The Balaban J connectivity index is 1.70. The molecule has 1 fully saturated rings. The summed E-state index contributed by atoms with van der Waals surface area (Å²) in [6.07, 6.45) is -0.262. The summed E-state index contributed by atoms with van der Waals surface area (Å²) in [5.74, 6) is 0. The van der Waals surface area contributed by atoms with Gasteiger partial charge in [-0.15, -0.1) is 0 Å². The molecule has 0 saturated carbocycles. The molecule has 23 heavy (non-hydrogen) atoms. The number of hydrogen-bond acceptors (Lipinski definition) is 5. The molecule has 0 radical (unpaired) electrons. The number of carbonyl (C=O) groups excluding carboxylic acids is 1. The molecule has 0 bridgehead atoms. The Morgan fingerprint density at radius 1 is 1.30 bits per heavy atom. The van der Waals surface area contributed by atoms with Crippen LogP contribution < -0.4 is 4.90 Å². The van der Waals surface area contributed by atoms with Crippen molar-refractivity contribution in [1.82, 2.24) is 9.88 Å². The summed E-state index contributed by atoms with van der Waals surface area (Å²) in [5.41, 5.74) is 1.16. The maximum atomic E-state index is 12.2. The minimum Gasteiger partial charge on any atom is -0.444 e. The summed E-state index contributed by atoms with van der Waals surface area (Å²) in [6, 6.07) is 8.45. The van der Waals surface area contributed by atoms with Crippen molar-refractivity contribution in [1.29, 1.82) is 0 Å². The molecule has 1 atom stereocenters. The van der Waals surface area contributed by atoms with Crippen LogP contribution in [-0.4, -0.2) is 47.3 Å². The smallest absolute Gasteiger partial charge is 0.410 e. The Morgan fingerprint density at radius 3 is 2.70 bits per heavy atom. The molecule has 1 amide bonds. The summed E-state index contributed by atoms with van der Waals surface area (Å²) in [5, 5.41) is 0. The highest BCUT2D eigenvalue weighted by atomic mass is 16.6. The molecule has 1 saturated heterocycles. The molecule has 6 nitrogen and oxygen atoms in total. The molecule has 3 rings (SSSR count). The standard InChI is InChI=1S/C17H23N3O3/c1-12-11-19(16(21)23-17(2,3)4)9-10-20(12)15-18-13-7-5-6-8-14(13)22-15/h5-8,12H,9-11H2,1-4H3/t12-/m1/s1. The van der Waals surface area contributed by atoms with E-state index in [-0.39, 0.29) is 12.1 Å². The lowest BCUT2D eigenvalue weighted by Gasteiger charge is -2.39. The van der Waals surface area contributed by atoms with Gasteiger partial charge in [-0.05, 0) is 39.8 Å². The monoisotopic (exact) mass is 317 g/mol. The van der Waals surface area contributed by atoms with Gasteiger partial charge in [0.05, 0.1) is 0 Å². The lowest BCUT2D eigenvalue weighted by atomic mass is 10.2. The molecular formula is C17H23N3O3. The third kappa shape index (κ3) is 3.41. The van der Waals surface area contributed by atoms with Crippen LogP contribution >= 0.6 is 0 Å². The van der Waals surface area contributed by atoms with Crippen molar-refractivity contribution in [2.24, 2.45) is 0 Å². The second-order valence-electron chi connectivity index (χ2n) is 6.93. The SMILES string of the molecule is C[C@@H]1CN(C(=O)OC(C)(C)C)CCN1c1nc2ccccc2o1. The average molecular weight is 317 g/mol. The number of benzene rings is 1. The van der Waals surface area contributed by atoms with Crippen molar-refractivity contribution in [3.63, 3.8) is 0 Å².